The average Bonchev–Trinajstić information content (AvgIpc) is 3.02. The summed E-state index contributed by atoms with van der Waals surface area (Å²) in [6.45, 7) is 1.86. The fraction of sp³-hybridized carbons (Fsp3) is 0.200. The lowest BCUT2D eigenvalue weighted by Crippen LogP contribution is -2.24. The van der Waals surface area contributed by atoms with Crippen LogP contribution in [0.15, 0.2) is 39.9 Å². The zero-order valence-electron chi connectivity index (χ0n) is 12.7. The van der Waals surface area contributed by atoms with Crippen LogP contribution in [0, 0.1) is 10.1 Å². The molecule has 1 aromatic carbocycles. The zero-order valence-corrected chi connectivity index (χ0v) is 15.1. The van der Waals surface area contributed by atoms with Crippen LogP contribution >= 0.6 is 27.3 Å². The molecular formula is C15H14BrN3O4S. The number of thiophene rings is 1. The molecule has 0 aliphatic carbocycles. The van der Waals surface area contributed by atoms with Gasteiger partial charge in [0.2, 0.25) is 0 Å². The molecule has 9 heteroatoms. The third-order valence-corrected chi connectivity index (χ3v) is 4.53. The van der Waals surface area contributed by atoms with Crippen LogP contribution in [0.1, 0.15) is 17.4 Å². The van der Waals surface area contributed by atoms with E-state index in [0.29, 0.717) is 10.6 Å². The average molecular weight is 412 g/mol. The minimum absolute atomic E-state index is 0.0199. The first-order valence-electron chi connectivity index (χ1n) is 6.97. The van der Waals surface area contributed by atoms with Gasteiger partial charge in [0.05, 0.1) is 20.5 Å². The van der Waals surface area contributed by atoms with E-state index >= 15 is 0 Å². The molecule has 0 radical (unpaired) electrons. The van der Waals surface area contributed by atoms with Crippen LogP contribution in [0.5, 0.6) is 5.75 Å². The van der Waals surface area contributed by atoms with Crippen molar-refractivity contribution in [2.24, 2.45) is 5.10 Å². The minimum atomic E-state index is -0.476. The Hall–Kier alpha value is -2.26. The standard InChI is InChI=1S/C15H14BrN3O4S/c1-2-10-3-5-13(12(16)7-10)23-9-14(20)18-17-8-11-4-6-15(24-11)19(21)22/h3-8H,2,9H2,1H3,(H,18,20)/b17-8+. The summed E-state index contributed by atoms with van der Waals surface area (Å²) < 4.78 is 6.20. The molecule has 126 valence electrons. The second-order valence-corrected chi connectivity index (χ2v) is 6.58. The summed E-state index contributed by atoms with van der Waals surface area (Å²) >= 11 is 4.37. The van der Waals surface area contributed by atoms with Crippen LogP contribution < -0.4 is 10.2 Å². The number of hydrazone groups is 1. The highest BCUT2D eigenvalue weighted by atomic mass is 79.9. The van der Waals surface area contributed by atoms with Crippen LogP contribution in [0.4, 0.5) is 5.00 Å². The molecule has 1 N–H and O–H groups in total. The molecule has 0 saturated heterocycles. The number of rotatable bonds is 7. The largest absolute Gasteiger partial charge is 0.483 e. The van der Waals surface area contributed by atoms with E-state index in [-0.39, 0.29) is 11.6 Å². The smallest absolute Gasteiger partial charge is 0.324 e. The Morgan fingerprint density at radius 2 is 2.25 bits per heavy atom. The number of carbonyl (C=O) groups is 1. The molecule has 0 fully saturated rings. The molecule has 1 aromatic heterocycles. The van der Waals surface area contributed by atoms with Crippen LogP contribution in [-0.2, 0) is 11.2 Å². The van der Waals surface area contributed by atoms with Crippen molar-refractivity contribution in [3.63, 3.8) is 0 Å². The van der Waals surface area contributed by atoms with E-state index in [1.807, 2.05) is 12.1 Å². The summed E-state index contributed by atoms with van der Waals surface area (Å²) in [5.74, 6) is 0.143. The van der Waals surface area contributed by atoms with E-state index in [1.165, 1.54) is 12.3 Å². The number of hydrogen-bond donors (Lipinski definition) is 1. The van der Waals surface area contributed by atoms with Gasteiger partial charge in [0.1, 0.15) is 5.75 Å². The third-order valence-electron chi connectivity index (χ3n) is 2.94. The maximum absolute atomic E-state index is 11.7. The number of nitro groups is 1. The van der Waals surface area contributed by atoms with Gasteiger partial charge in [0.25, 0.3) is 5.91 Å². The van der Waals surface area contributed by atoms with Crippen LogP contribution in [-0.4, -0.2) is 23.7 Å². The molecule has 0 atom stereocenters. The van der Waals surface area contributed by atoms with Gasteiger partial charge in [0, 0.05) is 6.07 Å². The van der Waals surface area contributed by atoms with E-state index in [4.69, 9.17) is 4.74 Å². The number of amides is 1. The topological polar surface area (TPSA) is 93.8 Å². The lowest BCUT2D eigenvalue weighted by Gasteiger charge is -2.08. The van der Waals surface area contributed by atoms with Gasteiger partial charge in [-0.15, -0.1) is 0 Å². The summed E-state index contributed by atoms with van der Waals surface area (Å²) in [4.78, 5) is 22.3. The molecule has 0 spiro atoms. The Balaban J connectivity index is 1.82. The van der Waals surface area contributed by atoms with Crippen molar-refractivity contribution in [1.82, 2.24) is 5.43 Å². The summed E-state index contributed by atoms with van der Waals surface area (Å²) in [6, 6.07) is 8.61. The minimum Gasteiger partial charge on any atom is -0.483 e. The first kappa shape index (κ1) is 18.1. The molecule has 0 unspecified atom stereocenters. The molecule has 1 heterocycles. The van der Waals surface area contributed by atoms with E-state index in [9.17, 15) is 14.9 Å². The normalized spacial score (nSPS) is 10.8. The van der Waals surface area contributed by atoms with Gasteiger partial charge < -0.3 is 4.74 Å². The lowest BCUT2D eigenvalue weighted by molar-refractivity contribution is -0.380. The van der Waals surface area contributed by atoms with Gasteiger partial charge in [-0.1, -0.05) is 24.3 Å². The summed E-state index contributed by atoms with van der Waals surface area (Å²) in [6.07, 6.45) is 2.26. The van der Waals surface area contributed by atoms with Crippen molar-refractivity contribution >= 4 is 44.4 Å². The molecular weight excluding hydrogens is 398 g/mol. The molecule has 7 nitrogen and oxygen atoms in total. The van der Waals surface area contributed by atoms with Crippen molar-refractivity contribution < 1.29 is 14.5 Å². The molecule has 0 aliphatic rings. The van der Waals surface area contributed by atoms with Gasteiger partial charge in [-0.25, -0.2) is 5.43 Å². The maximum Gasteiger partial charge on any atom is 0.324 e. The molecule has 0 aliphatic heterocycles. The first-order valence-corrected chi connectivity index (χ1v) is 8.58. The number of benzene rings is 1. The van der Waals surface area contributed by atoms with Crippen molar-refractivity contribution in [3.8, 4) is 5.75 Å². The Kier molecular flexibility index (Phi) is 6.44. The highest BCUT2D eigenvalue weighted by molar-refractivity contribution is 9.10. The van der Waals surface area contributed by atoms with Crippen LogP contribution in [0.2, 0.25) is 0 Å². The molecule has 2 rings (SSSR count). The lowest BCUT2D eigenvalue weighted by atomic mass is 10.2. The van der Waals surface area contributed by atoms with Crippen molar-refractivity contribution in [2.75, 3.05) is 6.61 Å². The molecule has 2 aromatic rings. The van der Waals surface area contributed by atoms with Gasteiger partial charge in [0.15, 0.2) is 6.61 Å². The second-order valence-electron chi connectivity index (χ2n) is 4.63. The monoisotopic (exact) mass is 411 g/mol. The van der Waals surface area contributed by atoms with Gasteiger partial charge >= 0.3 is 5.00 Å². The predicted molar refractivity (Wildman–Crippen MR) is 95.7 cm³/mol. The highest BCUT2D eigenvalue weighted by Gasteiger charge is 2.08. The maximum atomic E-state index is 11.7. The number of aryl methyl sites for hydroxylation is 1. The number of carbonyl (C=O) groups excluding carboxylic acids is 1. The SMILES string of the molecule is CCc1ccc(OCC(=O)N/N=C/c2ccc([N+](=O)[O-])s2)c(Br)c1. The van der Waals surface area contributed by atoms with Gasteiger partial charge in [-0.2, -0.15) is 5.10 Å². The number of nitrogens with zero attached hydrogens (tertiary/aromatic N) is 2. The Morgan fingerprint density at radius 1 is 1.46 bits per heavy atom. The van der Waals surface area contributed by atoms with Crippen molar-refractivity contribution in [3.05, 3.63) is 55.4 Å². The first-order chi connectivity index (χ1) is 11.5. The molecule has 0 bridgehead atoms. The number of ether oxygens (including phenoxy) is 1. The van der Waals surface area contributed by atoms with Gasteiger partial charge in [-0.05, 0) is 46.1 Å². The summed E-state index contributed by atoms with van der Waals surface area (Å²) in [5.41, 5.74) is 3.47. The fourth-order valence-corrected chi connectivity index (χ4v) is 2.97. The predicted octanol–water partition coefficient (Wildman–Crippen LogP) is 3.51. The number of halogens is 1. The van der Waals surface area contributed by atoms with Crippen LogP contribution in [0.3, 0.4) is 0 Å². The van der Waals surface area contributed by atoms with Crippen molar-refractivity contribution in [2.45, 2.75) is 13.3 Å². The summed E-state index contributed by atoms with van der Waals surface area (Å²) in [7, 11) is 0. The number of nitrogens with one attached hydrogen (secondary N) is 1. The quantitative estimate of drug-likeness (QED) is 0.428. The van der Waals surface area contributed by atoms with E-state index in [1.54, 1.807) is 12.1 Å². The fourth-order valence-electron chi connectivity index (χ4n) is 1.73. The van der Waals surface area contributed by atoms with E-state index in [0.717, 1.165) is 27.8 Å². The van der Waals surface area contributed by atoms with Gasteiger partial charge in [-0.3, -0.25) is 14.9 Å². The second kappa shape index (κ2) is 8.55. The zero-order chi connectivity index (χ0) is 17.5. The number of hydrogen-bond acceptors (Lipinski definition) is 6. The van der Waals surface area contributed by atoms with E-state index in [2.05, 4.69) is 33.4 Å². The molecule has 0 saturated carbocycles. The molecule has 24 heavy (non-hydrogen) atoms. The Bertz CT molecular complexity index is 776. The Morgan fingerprint density at radius 3 is 2.88 bits per heavy atom. The third kappa shape index (κ3) is 5.14. The Labute approximate surface area is 150 Å². The van der Waals surface area contributed by atoms with Crippen molar-refractivity contribution in [1.29, 1.82) is 0 Å². The highest BCUT2D eigenvalue weighted by Crippen LogP contribution is 2.26. The van der Waals surface area contributed by atoms with E-state index < -0.39 is 10.8 Å². The molecule has 1 amide bonds. The summed E-state index contributed by atoms with van der Waals surface area (Å²) in [5, 5.41) is 14.3. The van der Waals surface area contributed by atoms with Crippen LogP contribution in [0.25, 0.3) is 0 Å².